The second-order valence-corrected chi connectivity index (χ2v) is 24.2. The van der Waals surface area contributed by atoms with Crippen LogP contribution >= 0.6 is 0 Å². The quantitative estimate of drug-likeness (QED) is 0.0417. The second-order valence-electron chi connectivity index (χ2n) is 24.2. The van der Waals surface area contributed by atoms with Crippen LogP contribution in [0.3, 0.4) is 0 Å². The maximum atomic E-state index is 12.5. The number of aliphatic hydroxyl groups excluding tert-OH is 2. The minimum Gasteiger partial charge on any atom is -0.466 e. The third-order valence-electron chi connectivity index (χ3n) is 16.7. The second kappa shape index (κ2) is 65.4. The Balaban J connectivity index is 3.29. The van der Waals surface area contributed by atoms with Crippen molar-refractivity contribution in [3.05, 3.63) is 0 Å². The summed E-state index contributed by atoms with van der Waals surface area (Å²) in [4.78, 5) is 24.5. The highest BCUT2D eigenvalue weighted by Crippen LogP contribution is 2.19. The van der Waals surface area contributed by atoms with Crippen LogP contribution in [0.25, 0.3) is 0 Å². The zero-order valence-corrected chi connectivity index (χ0v) is 51.3. The standard InChI is InChI=1S/C69H137NO5/c1-3-5-7-9-11-13-15-17-39-43-47-51-55-59-63-69(74)75-64-60-56-52-48-44-40-36-34-32-30-28-26-24-22-20-18-19-21-23-25-27-29-31-33-35-38-42-46-50-54-58-62-68(73)70-66(65-71)67(72)61-57-53-49-45-41-37-16-14-12-10-8-6-4-2/h66-67,71-72H,3-65H2,1-2H3,(H,70,73). The Morgan fingerprint density at radius 3 is 0.813 bits per heavy atom. The van der Waals surface area contributed by atoms with Crippen molar-refractivity contribution in [2.45, 2.75) is 418 Å². The number of hydrogen-bond acceptors (Lipinski definition) is 5. The predicted octanol–water partition coefficient (Wildman–Crippen LogP) is 22.2. The molecule has 0 aliphatic heterocycles. The fourth-order valence-electron chi connectivity index (χ4n) is 11.4. The molecule has 0 aromatic carbocycles. The van der Waals surface area contributed by atoms with Gasteiger partial charge in [-0.2, -0.15) is 0 Å². The van der Waals surface area contributed by atoms with Gasteiger partial charge in [-0.15, -0.1) is 0 Å². The third-order valence-corrected chi connectivity index (χ3v) is 16.7. The van der Waals surface area contributed by atoms with E-state index in [1.807, 2.05) is 0 Å². The summed E-state index contributed by atoms with van der Waals surface area (Å²) in [5.41, 5.74) is 0. The van der Waals surface area contributed by atoms with Gasteiger partial charge >= 0.3 is 5.97 Å². The van der Waals surface area contributed by atoms with Crippen LogP contribution in [-0.4, -0.2) is 47.4 Å². The lowest BCUT2D eigenvalue weighted by Gasteiger charge is -2.22. The molecular weight excluding hydrogens is 923 g/mol. The van der Waals surface area contributed by atoms with Crippen LogP contribution in [0.1, 0.15) is 406 Å². The summed E-state index contributed by atoms with van der Waals surface area (Å²) in [5, 5.41) is 23.3. The zero-order valence-electron chi connectivity index (χ0n) is 51.3. The Labute approximate surface area is 470 Å². The molecular formula is C69H137NO5. The Morgan fingerprint density at radius 1 is 0.320 bits per heavy atom. The van der Waals surface area contributed by atoms with Crippen LogP contribution in [-0.2, 0) is 14.3 Å². The molecule has 1 amide bonds. The monoisotopic (exact) mass is 1060 g/mol. The van der Waals surface area contributed by atoms with Crippen molar-refractivity contribution in [2.75, 3.05) is 13.2 Å². The first-order chi connectivity index (χ1) is 37.0. The van der Waals surface area contributed by atoms with Crippen LogP contribution in [0.15, 0.2) is 0 Å². The highest BCUT2D eigenvalue weighted by molar-refractivity contribution is 5.76. The molecule has 0 rings (SSSR count). The molecule has 75 heavy (non-hydrogen) atoms. The normalized spacial score (nSPS) is 12.4. The van der Waals surface area contributed by atoms with Crippen molar-refractivity contribution in [2.24, 2.45) is 0 Å². The summed E-state index contributed by atoms with van der Waals surface area (Å²) in [5.74, 6) is -0.00396. The SMILES string of the molecule is CCCCCCCCCCCCCCCCC(=O)OCCCCCCCCCCCCCCCCCCCCCCCCCCCCCCCCCC(=O)NC(CO)C(O)CCCCCCCCCCCCCCC. The van der Waals surface area contributed by atoms with Crippen LogP contribution in [0.4, 0.5) is 0 Å². The number of hydrogen-bond donors (Lipinski definition) is 3. The summed E-state index contributed by atoms with van der Waals surface area (Å²) in [6, 6.07) is -0.536. The number of unbranched alkanes of at least 4 members (excludes halogenated alkanes) is 55. The molecule has 2 unspecified atom stereocenters. The lowest BCUT2D eigenvalue weighted by molar-refractivity contribution is -0.143. The highest BCUT2D eigenvalue weighted by atomic mass is 16.5. The maximum absolute atomic E-state index is 12.5. The van der Waals surface area contributed by atoms with Crippen LogP contribution in [0.2, 0.25) is 0 Å². The molecule has 0 aromatic heterocycles. The summed E-state index contributed by atoms with van der Waals surface area (Å²) in [6.07, 6.45) is 78.7. The molecule has 6 nitrogen and oxygen atoms in total. The molecule has 6 heteroatoms. The summed E-state index contributed by atoms with van der Waals surface area (Å²) in [7, 11) is 0. The van der Waals surface area contributed by atoms with Crippen molar-refractivity contribution in [1.82, 2.24) is 5.32 Å². The Morgan fingerprint density at radius 2 is 0.547 bits per heavy atom. The van der Waals surface area contributed by atoms with Crippen LogP contribution < -0.4 is 5.32 Å². The number of nitrogens with one attached hydrogen (secondary N) is 1. The minimum atomic E-state index is -0.659. The zero-order chi connectivity index (χ0) is 54.3. The number of carbonyl (C=O) groups excluding carboxylic acids is 2. The molecule has 0 saturated carbocycles. The molecule has 0 aliphatic rings. The molecule has 0 bridgehead atoms. The Hall–Kier alpha value is -1.14. The smallest absolute Gasteiger partial charge is 0.305 e. The first-order valence-corrected chi connectivity index (χ1v) is 34.8. The average Bonchev–Trinajstić information content (AvgIpc) is 3.41. The van der Waals surface area contributed by atoms with E-state index in [2.05, 4.69) is 19.2 Å². The molecule has 0 aromatic rings. The largest absolute Gasteiger partial charge is 0.466 e. The van der Waals surface area contributed by atoms with Crippen molar-refractivity contribution in [3.63, 3.8) is 0 Å². The average molecular weight is 1060 g/mol. The van der Waals surface area contributed by atoms with Gasteiger partial charge in [0.05, 0.1) is 25.4 Å². The third kappa shape index (κ3) is 61.9. The number of carbonyl (C=O) groups is 2. The maximum Gasteiger partial charge on any atom is 0.305 e. The van der Waals surface area contributed by atoms with E-state index in [0.29, 0.717) is 25.9 Å². The van der Waals surface area contributed by atoms with Gasteiger partial charge in [0, 0.05) is 12.8 Å². The molecule has 448 valence electrons. The van der Waals surface area contributed by atoms with Gasteiger partial charge in [0.2, 0.25) is 5.91 Å². The first-order valence-electron chi connectivity index (χ1n) is 34.8. The van der Waals surface area contributed by atoms with E-state index in [1.165, 1.54) is 334 Å². The van der Waals surface area contributed by atoms with E-state index in [4.69, 9.17) is 4.74 Å². The summed E-state index contributed by atoms with van der Waals surface area (Å²) in [6.45, 7) is 4.99. The predicted molar refractivity (Wildman–Crippen MR) is 329 cm³/mol. The number of aliphatic hydroxyl groups is 2. The van der Waals surface area contributed by atoms with Crippen LogP contribution in [0.5, 0.6) is 0 Å². The molecule has 0 fully saturated rings. The number of rotatable bonds is 66. The van der Waals surface area contributed by atoms with E-state index < -0.39 is 12.1 Å². The van der Waals surface area contributed by atoms with Gasteiger partial charge in [-0.1, -0.05) is 367 Å². The fraction of sp³-hybridized carbons (Fsp3) is 0.971. The van der Waals surface area contributed by atoms with E-state index in [9.17, 15) is 19.8 Å². The van der Waals surface area contributed by atoms with Gasteiger partial charge in [0.25, 0.3) is 0 Å². The molecule has 2 atom stereocenters. The van der Waals surface area contributed by atoms with Crippen LogP contribution in [0, 0.1) is 0 Å². The van der Waals surface area contributed by atoms with E-state index >= 15 is 0 Å². The van der Waals surface area contributed by atoms with Gasteiger partial charge in [-0.3, -0.25) is 9.59 Å². The van der Waals surface area contributed by atoms with Gasteiger partial charge in [-0.25, -0.2) is 0 Å². The van der Waals surface area contributed by atoms with Gasteiger partial charge in [0.15, 0.2) is 0 Å². The molecule has 0 saturated heterocycles. The van der Waals surface area contributed by atoms with Gasteiger partial charge < -0.3 is 20.3 Å². The molecule has 0 spiro atoms. The minimum absolute atomic E-state index is 0.0240. The van der Waals surface area contributed by atoms with Gasteiger partial charge in [0.1, 0.15) is 0 Å². The number of esters is 1. The highest BCUT2D eigenvalue weighted by Gasteiger charge is 2.20. The molecule has 0 aliphatic carbocycles. The molecule has 3 N–H and O–H groups in total. The Kier molecular flexibility index (Phi) is 64.4. The summed E-state index contributed by atoms with van der Waals surface area (Å²) >= 11 is 0. The van der Waals surface area contributed by atoms with Gasteiger partial charge in [-0.05, 0) is 25.7 Å². The Bertz CT molecular complexity index is 1080. The lowest BCUT2D eigenvalue weighted by atomic mass is 10.0. The van der Waals surface area contributed by atoms with Crippen molar-refractivity contribution >= 4 is 11.9 Å². The molecule has 0 radical (unpaired) electrons. The lowest BCUT2D eigenvalue weighted by Crippen LogP contribution is -2.45. The van der Waals surface area contributed by atoms with Crippen molar-refractivity contribution in [1.29, 1.82) is 0 Å². The van der Waals surface area contributed by atoms with E-state index in [-0.39, 0.29) is 18.5 Å². The van der Waals surface area contributed by atoms with Crippen molar-refractivity contribution < 1.29 is 24.5 Å². The van der Waals surface area contributed by atoms with E-state index in [1.54, 1.807) is 0 Å². The molecule has 0 heterocycles. The topological polar surface area (TPSA) is 95.9 Å². The number of ether oxygens (including phenoxy) is 1. The van der Waals surface area contributed by atoms with E-state index in [0.717, 1.165) is 38.5 Å². The fourth-order valence-corrected chi connectivity index (χ4v) is 11.4. The number of amides is 1. The van der Waals surface area contributed by atoms with Crippen molar-refractivity contribution in [3.8, 4) is 0 Å². The first kappa shape index (κ1) is 73.9. The summed E-state index contributed by atoms with van der Waals surface area (Å²) < 4.78 is 5.50.